The van der Waals surface area contributed by atoms with Crippen LogP contribution in [-0.4, -0.2) is 56.5 Å². The lowest BCUT2D eigenvalue weighted by Gasteiger charge is -2.36. The zero-order valence-electron chi connectivity index (χ0n) is 17.8. The van der Waals surface area contributed by atoms with E-state index in [1.54, 1.807) is 25.3 Å². The van der Waals surface area contributed by atoms with Crippen molar-refractivity contribution in [2.24, 2.45) is 0 Å². The summed E-state index contributed by atoms with van der Waals surface area (Å²) >= 11 is 0. The van der Waals surface area contributed by atoms with Crippen molar-refractivity contribution in [1.82, 2.24) is 24.1 Å². The molecule has 0 saturated carbocycles. The average Bonchev–Trinajstić information content (AvgIpc) is 3.25. The predicted molar refractivity (Wildman–Crippen MR) is 110 cm³/mol. The van der Waals surface area contributed by atoms with Gasteiger partial charge in [0, 0.05) is 17.8 Å². The maximum absolute atomic E-state index is 13.6. The molecule has 0 unspecified atom stereocenters. The lowest BCUT2D eigenvalue weighted by atomic mass is 10.2. The fourth-order valence-electron chi connectivity index (χ4n) is 4.07. The van der Waals surface area contributed by atoms with E-state index in [9.17, 15) is 22.4 Å². The first-order chi connectivity index (χ1) is 16.1. The fourth-order valence-corrected chi connectivity index (χ4v) is 4.07. The second-order valence-corrected chi connectivity index (χ2v) is 8.00. The molecule has 0 radical (unpaired) electrons. The normalized spacial score (nSPS) is 17.9. The van der Waals surface area contributed by atoms with E-state index in [0.29, 0.717) is 28.0 Å². The van der Waals surface area contributed by atoms with Crippen LogP contribution in [-0.2, 0) is 17.8 Å². The van der Waals surface area contributed by atoms with Crippen molar-refractivity contribution in [3.63, 3.8) is 0 Å². The van der Waals surface area contributed by atoms with Gasteiger partial charge >= 0.3 is 17.9 Å². The van der Waals surface area contributed by atoms with Gasteiger partial charge in [-0.3, -0.25) is 14.2 Å². The number of hydrogen-bond donors (Lipinski definition) is 0. The van der Waals surface area contributed by atoms with Gasteiger partial charge in [0.25, 0.3) is 12.0 Å². The Balaban J connectivity index is 1.54. The van der Waals surface area contributed by atoms with Crippen LogP contribution in [0.1, 0.15) is 11.1 Å². The summed E-state index contributed by atoms with van der Waals surface area (Å²) in [4.78, 5) is 21.2. The monoisotopic (exact) mass is 479 g/mol. The molecule has 1 fully saturated rings. The van der Waals surface area contributed by atoms with Crippen LogP contribution >= 0.6 is 0 Å². The number of rotatable bonds is 5. The number of benzene rings is 1. The molecule has 1 saturated heterocycles. The molecule has 13 heteroatoms. The minimum Gasteiger partial charge on any atom is -0.497 e. The highest BCUT2D eigenvalue weighted by Crippen LogP contribution is 2.34. The molecule has 5 rings (SSSR count). The number of H-pyrrole nitrogens is 1. The first-order valence-electron chi connectivity index (χ1n) is 10.2. The Morgan fingerprint density at radius 2 is 1.79 bits per heavy atom. The number of nitrogens with one attached hydrogen (secondary N) is 1. The Labute approximate surface area is 189 Å². The molecule has 4 aromatic rings. The molecule has 0 aliphatic carbocycles. The van der Waals surface area contributed by atoms with Crippen molar-refractivity contribution >= 4 is 16.7 Å². The van der Waals surface area contributed by atoms with Crippen LogP contribution in [0.4, 0.5) is 17.6 Å². The minimum atomic E-state index is -3.97. The second kappa shape index (κ2) is 8.02. The van der Waals surface area contributed by atoms with Crippen LogP contribution in [0.2, 0.25) is 0 Å². The van der Waals surface area contributed by atoms with Crippen LogP contribution in [0.25, 0.3) is 16.7 Å². The third kappa shape index (κ3) is 4.19. The van der Waals surface area contributed by atoms with E-state index in [1.165, 1.54) is 17.1 Å². The third-order valence-electron chi connectivity index (χ3n) is 5.45. The number of methoxy groups -OCH3 is 1. The quantitative estimate of drug-likeness (QED) is 0.407. The van der Waals surface area contributed by atoms with Gasteiger partial charge in [-0.15, -0.1) is 0 Å². The number of alkyl halides is 4. The van der Waals surface area contributed by atoms with Gasteiger partial charge in [-0.2, -0.15) is 17.6 Å². The number of ether oxygens (including phenoxy) is 2. The Kier molecular flexibility index (Phi) is 5.24. The molecular formula is C21H19F4N6O3+. The summed E-state index contributed by atoms with van der Waals surface area (Å²) in [5.41, 5.74) is 1.45. The topological polar surface area (TPSA) is 88.0 Å². The molecule has 1 aromatic carbocycles. The predicted octanol–water partition coefficient (Wildman–Crippen LogP) is 1.93. The van der Waals surface area contributed by atoms with Crippen LogP contribution in [0.15, 0.2) is 47.7 Å². The molecule has 0 spiro atoms. The molecule has 1 aliphatic rings. The molecule has 0 bridgehead atoms. The van der Waals surface area contributed by atoms with Gasteiger partial charge in [0.05, 0.1) is 32.1 Å². The SMILES string of the molecule is COc1ccc(Cn2c(=O)n3nc[nH+]c3c3cc(CN4CC(F)(F)OC(F)(F)C4)cnc32)cc1. The van der Waals surface area contributed by atoms with Crippen molar-refractivity contribution < 1.29 is 32.0 Å². The van der Waals surface area contributed by atoms with E-state index in [-0.39, 0.29) is 13.1 Å². The van der Waals surface area contributed by atoms with E-state index in [1.807, 2.05) is 12.1 Å². The summed E-state index contributed by atoms with van der Waals surface area (Å²) < 4.78 is 65.7. The third-order valence-corrected chi connectivity index (χ3v) is 5.45. The second-order valence-electron chi connectivity index (χ2n) is 8.00. The standard InChI is InChI=1S/C21H18F4N6O3/c1-33-15-4-2-13(3-5-15)9-30-17-16(18-27-12-28-31(18)19(30)32)6-14(7-26-17)8-29-10-20(22,23)34-21(24,25)11-29/h2-7,12H,8-11H2,1H3/p+1. The number of hydrogen-bond acceptors (Lipinski definition) is 6. The van der Waals surface area contributed by atoms with Crippen molar-refractivity contribution in [3.05, 3.63) is 64.5 Å². The molecule has 0 atom stereocenters. The first-order valence-corrected chi connectivity index (χ1v) is 10.2. The molecular weight excluding hydrogens is 460 g/mol. The van der Waals surface area contributed by atoms with Crippen LogP contribution in [0, 0.1) is 0 Å². The molecule has 1 N–H and O–H groups in total. The Bertz CT molecular complexity index is 1400. The molecule has 3 aromatic heterocycles. The largest absolute Gasteiger partial charge is 0.497 e. The summed E-state index contributed by atoms with van der Waals surface area (Å²) in [5.74, 6) is 0.667. The van der Waals surface area contributed by atoms with Crippen LogP contribution < -0.4 is 15.4 Å². The van der Waals surface area contributed by atoms with Crippen LogP contribution in [0.3, 0.4) is 0 Å². The van der Waals surface area contributed by atoms with E-state index in [2.05, 4.69) is 19.8 Å². The Morgan fingerprint density at radius 1 is 1.09 bits per heavy atom. The van der Waals surface area contributed by atoms with Gasteiger partial charge < -0.3 is 4.74 Å². The number of fused-ring (bicyclic) bond motifs is 3. The van der Waals surface area contributed by atoms with Gasteiger partial charge in [-0.25, -0.2) is 14.8 Å². The lowest BCUT2D eigenvalue weighted by molar-refractivity contribution is -0.405. The van der Waals surface area contributed by atoms with Crippen molar-refractivity contribution in [3.8, 4) is 5.75 Å². The molecule has 0 amide bonds. The van der Waals surface area contributed by atoms with Gasteiger partial charge in [0.15, 0.2) is 5.65 Å². The van der Waals surface area contributed by atoms with Crippen molar-refractivity contribution in [2.45, 2.75) is 25.3 Å². The molecule has 178 valence electrons. The smallest absolute Gasteiger partial charge is 0.425 e. The van der Waals surface area contributed by atoms with Gasteiger partial charge in [-0.05, 0) is 33.8 Å². The highest BCUT2D eigenvalue weighted by Gasteiger charge is 2.51. The van der Waals surface area contributed by atoms with Gasteiger partial charge in [-0.1, -0.05) is 12.1 Å². The Hall–Kier alpha value is -3.58. The summed E-state index contributed by atoms with van der Waals surface area (Å²) in [6.45, 7) is -1.99. The number of nitrogens with zero attached hydrogens (tertiary/aromatic N) is 5. The zero-order chi connectivity index (χ0) is 24.1. The Morgan fingerprint density at radius 3 is 2.47 bits per heavy atom. The van der Waals surface area contributed by atoms with E-state index in [0.717, 1.165) is 15.0 Å². The number of morpholine rings is 1. The highest BCUT2D eigenvalue weighted by molar-refractivity contribution is 5.87. The molecule has 4 heterocycles. The highest BCUT2D eigenvalue weighted by atomic mass is 19.3. The van der Waals surface area contributed by atoms with E-state index in [4.69, 9.17) is 4.74 Å². The summed E-state index contributed by atoms with van der Waals surface area (Å²) in [6, 6.07) is 8.77. The number of aromatic amines is 1. The molecule has 34 heavy (non-hydrogen) atoms. The van der Waals surface area contributed by atoms with E-state index < -0.39 is 31.0 Å². The van der Waals surface area contributed by atoms with Gasteiger partial charge in [0.2, 0.25) is 0 Å². The van der Waals surface area contributed by atoms with Gasteiger partial charge in [0.1, 0.15) is 5.75 Å². The lowest BCUT2D eigenvalue weighted by Crippen LogP contribution is -2.54. The summed E-state index contributed by atoms with van der Waals surface area (Å²) in [6.07, 6.45) is -5.23. The van der Waals surface area contributed by atoms with Crippen molar-refractivity contribution in [2.75, 3.05) is 20.2 Å². The minimum absolute atomic E-state index is 0.184. The number of pyridine rings is 1. The van der Waals surface area contributed by atoms with Crippen LogP contribution in [0.5, 0.6) is 5.75 Å². The molecule has 9 nitrogen and oxygen atoms in total. The number of halogens is 4. The zero-order valence-corrected chi connectivity index (χ0v) is 17.8. The maximum atomic E-state index is 13.6. The van der Waals surface area contributed by atoms with E-state index >= 15 is 0 Å². The summed E-state index contributed by atoms with van der Waals surface area (Å²) in [7, 11) is 1.55. The average molecular weight is 479 g/mol. The maximum Gasteiger partial charge on any atom is 0.425 e. The molecule has 1 aliphatic heterocycles. The first kappa shape index (κ1) is 22.2. The fraction of sp³-hybridized carbons (Fsp3) is 0.333. The number of aromatic nitrogens is 5. The van der Waals surface area contributed by atoms with Crippen molar-refractivity contribution in [1.29, 1.82) is 0 Å². The summed E-state index contributed by atoms with van der Waals surface area (Å²) in [5, 5.41) is 4.52.